The Hall–Kier alpha value is -2.12. The first-order valence-electron chi connectivity index (χ1n) is 8.18. The second kappa shape index (κ2) is 8.82. The Bertz CT molecular complexity index is 787. The van der Waals surface area contributed by atoms with Gasteiger partial charge >= 0.3 is 0 Å². The molecule has 0 saturated heterocycles. The molecule has 1 aromatic carbocycles. The van der Waals surface area contributed by atoms with Crippen LogP contribution in [0, 0.1) is 0 Å². The van der Waals surface area contributed by atoms with Gasteiger partial charge in [-0.25, -0.2) is 4.98 Å². The Morgan fingerprint density at radius 1 is 1.28 bits per heavy atom. The van der Waals surface area contributed by atoms with Crippen molar-refractivity contribution in [3.63, 3.8) is 0 Å². The fourth-order valence-electron chi connectivity index (χ4n) is 2.44. The van der Waals surface area contributed by atoms with Gasteiger partial charge < -0.3 is 5.32 Å². The van der Waals surface area contributed by atoms with Gasteiger partial charge in [0, 0.05) is 11.3 Å². The summed E-state index contributed by atoms with van der Waals surface area (Å²) in [4.78, 5) is 17.9. The van der Waals surface area contributed by atoms with Crippen molar-refractivity contribution in [2.75, 3.05) is 5.75 Å². The van der Waals surface area contributed by atoms with Crippen molar-refractivity contribution in [2.45, 2.75) is 31.0 Å². The van der Waals surface area contributed by atoms with Gasteiger partial charge in [-0.05, 0) is 23.4 Å². The molecule has 130 valence electrons. The molecular weight excluding hydrogens is 352 g/mol. The number of carbonyl (C=O) groups is 1. The maximum atomic E-state index is 12.4. The van der Waals surface area contributed by atoms with Crippen LogP contribution in [0.4, 0.5) is 0 Å². The lowest BCUT2D eigenvalue weighted by molar-refractivity contribution is -0.119. The zero-order valence-corrected chi connectivity index (χ0v) is 15.6. The minimum absolute atomic E-state index is 0.0332. The van der Waals surface area contributed by atoms with Gasteiger partial charge in [-0.1, -0.05) is 55.1 Å². The summed E-state index contributed by atoms with van der Waals surface area (Å²) in [7, 11) is 0. The molecule has 0 aliphatic carbocycles. The number of aromatic amines is 1. The summed E-state index contributed by atoms with van der Waals surface area (Å²) in [5, 5.41) is 12.8. The third-order valence-electron chi connectivity index (χ3n) is 3.60. The van der Waals surface area contributed by atoms with Crippen LogP contribution in [0.2, 0.25) is 0 Å². The number of thioether (sulfide) groups is 1. The number of carbonyl (C=O) groups excluding carboxylic acids is 1. The molecule has 0 spiro atoms. The number of hydrogen-bond donors (Lipinski definition) is 2. The lowest BCUT2D eigenvalue weighted by Crippen LogP contribution is -2.30. The molecular formula is C18H20N4OS2. The maximum absolute atomic E-state index is 12.4. The largest absolute Gasteiger partial charge is 0.344 e. The molecule has 0 radical (unpaired) electrons. The molecule has 1 unspecified atom stereocenters. The van der Waals surface area contributed by atoms with Crippen molar-refractivity contribution >= 4 is 29.0 Å². The van der Waals surface area contributed by atoms with Crippen LogP contribution in [0.15, 0.2) is 53.0 Å². The Labute approximate surface area is 155 Å². The number of hydrogen-bond acceptors (Lipinski definition) is 5. The van der Waals surface area contributed by atoms with E-state index in [2.05, 4.69) is 27.4 Å². The van der Waals surface area contributed by atoms with Gasteiger partial charge in [0.1, 0.15) is 5.82 Å². The summed E-state index contributed by atoms with van der Waals surface area (Å²) in [5.74, 6) is 1.12. The van der Waals surface area contributed by atoms with E-state index in [9.17, 15) is 4.79 Å². The average Bonchev–Trinajstić information content (AvgIpc) is 3.31. The van der Waals surface area contributed by atoms with Gasteiger partial charge in [0.05, 0.1) is 11.8 Å². The molecule has 3 aromatic rings. The normalized spacial score (nSPS) is 12.0. The van der Waals surface area contributed by atoms with E-state index in [1.54, 1.807) is 11.3 Å². The van der Waals surface area contributed by atoms with E-state index in [0.29, 0.717) is 5.16 Å². The molecule has 7 heteroatoms. The summed E-state index contributed by atoms with van der Waals surface area (Å²) < 4.78 is 0. The Kier molecular flexibility index (Phi) is 6.25. The van der Waals surface area contributed by atoms with Gasteiger partial charge in [-0.15, -0.1) is 16.4 Å². The Morgan fingerprint density at radius 2 is 2.12 bits per heavy atom. The smallest absolute Gasteiger partial charge is 0.231 e. The van der Waals surface area contributed by atoms with Crippen molar-refractivity contribution in [1.29, 1.82) is 0 Å². The number of thiophene rings is 1. The van der Waals surface area contributed by atoms with Crippen molar-refractivity contribution in [3.05, 3.63) is 64.1 Å². The summed E-state index contributed by atoms with van der Waals surface area (Å²) in [5.41, 5.74) is 1.08. The molecule has 2 N–H and O–H groups in total. The molecule has 0 aliphatic rings. The van der Waals surface area contributed by atoms with E-state index in [0.717, 1.165) is 29.1 Å². The Morgan fingerprint density at radius 3 is 2.84 bits per heavy atom. The highest BCUT2D eigenvalue weighted by molar-refractivity contribution is 7.99. The standard InChI is InChI=1S/C18H20N4OS2/c1-2-7-15-19-18(22-21-15)25-12-16(23)20-17(14-10-6-11-24-14)13-8-4-3-5-9-13/h3-6,8-11,17H,2,7,12H2,1H3,(H,20,23)(H,19,21,22). The number of nitrogens with one attached hydrogen (secondary N) is 2. The van der Waals surface area contributed by atoms with Crippen LogP contribution >= 0.6 is 23.1 Å². The van der Waals surface area contributed by atoms with Gasteiger partial charge in [0.15, 0.2) is 0 Å². The maximum Gasteiger partial charge on any atom is 0.231 e. The topological polar surface area (TPSA) is 70.7 Å². The molecule has 0 saturated carbocycles. The molecule has 2 heterocycles. The van der Waals surface area contributed by atoms with Gasteiger partial charge in [0.25, 0.3) is 0 Å². The Balaban J connectivity index is 1.62. The van der Waals surface area contributed by atoms with E-state index in [-0.39, 0.29) is 17.7 Å². The second-order valence-electron chi connectivity index (χ2n) is 5.53. The van der Waals surface area contributed by atoms with Crippen LogP contribution in [-0.2, 0) is 11.2 Å². The van der Waals surface area contributed by atoms with Gasteiger partial charge in [-0.2, -0.15) is 0 Å². The predicted octanol–water partition coefficient (Wildman–Crippen LogP) is 3.82. The predicted molar refractivity (Wildman–Crippen MR) is 102 cm³/mol. The second-order valence-corrected chi connectivity index (χ2v) is 7.45. The quantitative estimate of drug-likeness (QED) is 0.590. The minimum Gasteiger partial charge on any atom is -0.344 e. The van der Waals surface area contributed by atoms with Gasteiger partial charge in [0.2, 0.25) is 11.1 Å². The third kappa shape index (κ3) is 4.93. The zero-order valence-electron chi connectivity index (χ0n) is 13.9. The number of H-pyrrole nitrogens is 1. The summed E-state index contributed by atoms with van der Waals surface area (Å²) in [6.45, 7) is 2.09. The van der Waals surface area contributed by atoms with Crippen molar-refractivity contribution in [1.82, 2.24) is 20.5 Å². The molecule has 0 fully saturated rings. The summed E-state index contributed by atoms with van der Waals surface area (Å²) in [6.07, 6.45) is 1.88. The van der Waals surface area contributed by atoms with Crippen LogP contribution in [0.1, 0.15) is 35.7 Å². The fourth-order valence-corrected chi connectivity index (χ4v) is 3.87. The highest BCUT2D eigenvalue weighted by atomic mass is 32.2. The van der Waals surface area contributed by atoms with Crippen molar-refractivity contribution in [2.24, 2.45) is 0 Å². The number of aromatic nitrogens is 3. The van der Waals surface area contributed by atoms with Crippen LogP contribution in [0.5, 0.6) is 0 Å². The lowest BCUT2D eigenvalue weighted by atomic mass is 10.1. The molecule has 25 heavy (non-hydrogen) atoms. The van der Waals surface area contributed by atoms with E-state index in [4.69, 9.17) is 0 Å². The summed E-state index contributed by atoms with van der Waals surface area (Å²) >= 11 is 2.99. The van der Waals surface area contributed by atoms with Crippen molar-refractivity contribution < 1.29 is 4.79 Å². The number of aryl methyl sites for hydroxylation is 1. The number of amides is 1. The first-order chi connectivity index (χ1) is 12.3. The molecule has 0 bridgehead atoms. The number of rotatable bonds is 8. The van der Waals surface area contributed by atoms with Crippen LogP contribution < -0.4 is 5.32 Å². The fraction of sp³-hybridized carbons (Fsp3) is 0.278. The molecule has 5 nitrogen and oxygen atoms in total. The number of benzene rings is 1. The molecule has 1 atom stereocenters. The zero-order chi connectivity index (χ0) is 17.5. The van der Waals surface area contributed by atoms with E-state index in [1.165, 1.54) is 11.8 Å². The highest BCUT2D eigenvalue weighted by Gasteiger charge is 2.18. The SMILES string of the molecule is CCCc1nc(SCC(=O)NC(c2ccccc2)c2cccs2)n[nH]1. The number of nitrogens with zero attached hydrogens (tertiary/aromatic N) is 2. The molecule has 0 aliphatic heterocycles. The van der Waals surface area contributed by atoms with Crippen LogP contribution in [-0.4, -0.2) is 26.8 Å². The van der Waals surface area contributed by atoms with Crippen LogP contribution in [0.3, 0.4) is 0 Å². The van der Waals surface area contributed by atoms with E-state index < -0.39 is 0 Å². The monoisotopic (exact) mass is 372 g/mol. The highest BCUT2D eigenvalue weighted by Crippen LogP contribution is 2.26. The minimum atomic E-state index is -0.128. The molecule has 3 rings (SSSR count). The van der Waals surface area contributed by atoms with Crippen molar-refractivity contribution in [3.8, 4) is 0 Å². The summed E-state index contributed by atoms with van der Waals surface area (Å²) in [6, 6.07) is 13.9. The molecule has 2 aromatic heterocycles. The van der Waals surface area contributed by atoms with E-state index >= 15 is 0 Å². The molecule has 1 amide bonds. The van der Waals surface area contributed by atoms with Crippen LogP contribution in [0.25, 0.3) is 0 Å². The first-order valence-corrected chi connectivity index (χ1v) is 10.0. The van der Waals surface area contributed by atoms with Gasteiger partial charge in [-0.3, -0.25) is 9.89 Å². The average molecular weight is 373 g/mol. The third-order valence-corrected chi connectivity index (χ3v) is 5.38. The van der Waals surface area contributed by atoms with E-state index in [1.807, 2.05) is 47.8 Å². The first kappa shape index (κ1) is 17.7. The lowest BCUT2D eigenvalue weighted by Gasteiger charge is -2.17.